The highest BCUT2D eigenvalue weighted by Crippen LogP contribution is 2.24. The maximum Gasteiger partial charge on any atom is 0.232 e. The fourth-order valence-corrected chi connectivity index (χ4v) is 2.57. The van der Waals surface area contributed by atoms with Crippen LogP contribution in [0.25, 0.3) is 0 Å². The van der Waals surface area contributed by atoms with E-state index in [-0.39, 0.29) is 11.8 Å². The zero-order chi connectivity index (χ0) is 11.6. The average molecular weight is 228 g/mol. The SMILES string of the molecule is CCC(C(=O)N1CC(C)CC1C)C(N)=S. The molecule has 15 heavy (non-hydrogen) atoms. The van der Waals surface area contributed by atoms with Gasteiger partial charge in [-0.2, -0.15) is 0 Å². The van der Waals surface area contributed by atoms with E-state index in [2.05, 4.69) is 13.8 Å². The second-order valence-corrected chi connectivity index (χ2v) is 5.02. The van der Waals surface area contributed by atoms with Crippen LogP contribution in [0.2, 0.25) is 0 Å². The van der Waals surface area contributed by atoms with Gasteiger partial charge in [-0.25, -0.2) is 0 Å². The molecule has 3 atom stereocenters. The van der Waals surface area contributed by atoms with Crippen molar-refractivity contribution < 1.29 is 4.79 Å². The van der Waals surface area contributed by atoms with Gasteiger partial charge in [-0.1, -0.05) is 26.1 Å². The predicted octanol–water partition coefficient (Wildman–Crippen LogP) is 1.56. The summed E-state index contributed by atoms with van der Waals surface area (Å²) >= 11 is 4.93. The van der Waals surface area contributed by atoms with Crippen molar-refractivity contribution in [3.63, 3.8) is 0 Å². The third-order valence-corrected chi connectivity index (χ3v) is 3.40. The predicted molar refractivity (Wildman–Crippen MR) is 65.5 cm³/mol. The molecule has 0 aromatic rings. The van der Waals surface area contributed by atoms with Crippen LogP contribution >= 0.6 is 12.2 Å². The molecule has 1 rings (SSSR count). The lowest BCUT2D eigenvalue weighted by atomic mass is 10.0. The van der Waals surface area contributed by atoms with E-state index >= 15 is 0 Å². The largest absolute Gasteiger partial charge is 0.393 e. The Labute approximate surface area is 97.0 Å². The molecule has 3 unspecified atom stereocenters. The molecule has 0 bridgehead atoms. The topological polar surface area (TPSA) is 46.3 Å². The van der Waals surface area contributed by atoms with Crippen LogP contribution in [0.15, 0.2) is 0 Å². The normalized spacial score (nSPS) is 27.8. The highest BCUT2D eigenvalue weighted by molar-refractivity contribution is 7.80. The number of likely N-dealkylation sites (tertiary alicyclic amines) is 1. The van der Waals surface area contributed by atoms with Crippen molar-refractivity contribution in [1.29, 1.82) is 0 Å². The Bertz CT molecular complexity index is 267. The second kappa shape index (κ2) is 4.92. The molecule has 1 heterocycles. The molecule has 1 fully saturated rings. The number of hydrogen-bond acceptors (Lipinski definition) is 2. The van der Waals surface area contributed by atoms with Crippen molar-refractivity contribution in [2.24, 2.45) is 17.6 Å². The molecule has 86 valence electrons. The molecule has 0 aromatic carbocycles. The molecule has 1 amide bonds. The van der Waals surface area contributed by atoms with Gasteiger partial charge < -0.3 is 10.6 Å². The van der Waals surface area contributed by atoms with Gasteiger partial charge in [-0.3, -0.25) is 4.79 Å². The van der Waals surface area contributed by atoms with Gasteiger partial charge in [0.25, 0.3) is 0 Å². The molecular formula is C11H20N2OS. The van der Waals surface area contributed by atoms with Crippen molar-refractivity contribution in [2.75, 3.05) is 6.54 Å². The highest BCUT2D eigenvalue weighted by atomic mass is 32.1. The molecule has 0 aromatic heterocycles. The van der Waals surface area contributed by atoms with E-state index in [1.165, 1.54) is 0 Å². The van der Waals surface area contributed by atoms with Crippen LogP contribution in [0.3, 0.4) is 0 Å². The van der Waals surface area contributed by atoms with E-state index in [9.17, 15) is 4.79 Å². The first kappa shape index (κ1) is 12.4. The summed E-state index contributed by atoms with van der Waals surface area (Å²) in [6, 6.07) is 0.330. The maximum atomic E-state index is 12.1. The second-order valence-electron chi connectivity index (χ2n) is 4.54. The number of nitrogens with two attached hydrogens (primary N) is 1. The Morgan fingerprint density at radius 1 is 1.60 bits per heavy atom. The summed E-state index contributed by atoms with van der Waals surface area (Å²) in [5.41, 5.74) is 5.58. The van der Waals surface area contributed by atoms with Gasteiger partial charge in [0, 0.05) is 12.6 Å². The number of nitrogens with zero attached hydrogens (tertiary/aromatic N) is 1. The lowest BCUT2D eigenvalue weighted by Crippen LogP contribution is -2.42. The van der Waals surface area contributed by atoms with Crippen molar-refractivity contribution in [3.8, 4) is 0 Å². The van der Waals surface area contributed by atoms with Crippen LogP contribution < -0.4 is 5.73 Å². The van der Waals surface area contributed by atoms with E-state index in [0.29, 0.717) is 23.4 Å². The number of rotatable bonds is 3. The molecule has 2 N–H and O–H groups in total. The third-order valence-electron chi connectivity index (χ3n) is 3.12. The first-order valence-electron chi connectivity index (χ1n) is 5.57. The summed E-state index contributed by atoms with van der Waals surface area (Å²) in [4.78, 5) is 14.4. The maximum absolute atomic E-state index is 12.1. The average Bonchev–Trinajstić information content (AvgIpc) is 2.45. The van der Waals surface area contributed by atoms with Crippen molar-refractivity contribution in [2.45, 2.75) is 39.7 Å². The van der Waals surface area contributed by atoms with Gasteiger partial charge in [-0.05, 0) is 25.7 Å². The van der Waals surface area contributed by atoms with Crippen molar-refractivity contribution in [3.05, 3.63) is 0 Å². The molecule has 1 saturated heterocycles. The van der Waals surface area contributed by atoms with Crippen LogP contribution in [-0.2, 0) is 4.79 Å². The fraction of sp³-hybridized carbons (Fsp3) is 0.818. The molecule has 0 radical (unpaired) electrons. The van der Waals surface area contributed by atoms with E-state index < -0.39 is 0 Å². The number of thiocarbonyl (C=S) groups is 1. The first-order valence-corrected chi connectivity index (χ1v) is 5.98. The Hall–Kier alpha value is -0.640. The molecule has 0 spiro atoms. The minimum atomic E-state index is -0.271. The smallest absolute Gasteiger partial charge is 0.232 e. The van der Waals surface area contributed by atoms with Gasteiger partial charge in [-0.15, -0.1) is 0 Å². The van der Waals surface area contributed by atoms with Gasteiger partial charge in [0.05, 0.1) is 10.9 Å². The number of amides is 1. The fourth-order valence-electron chi connectivity index (χ4n) is 2.30. The first-order chi connectivity index (χ1) is 6.97. The summed E-state index contributed by atoms with van der Waals surface area (Å²) in [6.07, 6.45) is 1.78. The van der Waals surface area contributed by atoms with Crippen LogP contribution in [0, 0.1) is 11.8 Å². The summed E-state index contributed by atoms with van der Waals surface area (Å²) in [7, 11) is 0. The van der Waals surface area contributed by atoms with Crippen LogP contribution in [0.1, 0.15) is 33.6 Å². The summed E-state index contributed by atoms with van der Waals surface area (Å²) in [6.45, 7) is 7.06. The van der Waals surface area contributed by atoms with Gasteiger partial charge in [0.15, 0.2) is 0 Å². The summed E-state index contributed by atoms with van der Waals surface area (Å²) in [5.74, 6) is 0.433. The highest BCUT2D eigenvalue weighted by Gasteiger charge is 2.34. The minimum Gasteiger partial charge on any atom is -0.393 e. The Morgan fingerprint density at radius 2 is 2.20 bits per heavy atom. The van der Waals surface area contributed by atoms with Gasteiger partial charge >= 0.3 is 0 Å². The van der Waals surface area contributed by atoms with Gasteiger partial charge in [0.2, 0.25) is 5.91 Å². The zero-order valence-corrected chi connectivity index (χ0v) is 10.5. The van der Waals surface area contributed by atoms with E-state index in [4.69, 9.17) is 18.0 Å². The summed E-state index contributed by atoms with van der Waals surface area (Å²) < 4.78 is 0. The molecule has 4 heteroatoms. The standard InChI is InChI=1S/C11H20N2OS/c1-4-9(10(12)15)11(14)13-6-7(2)5-8(13)3/h7-9H,4-6H2,1-3H3,(H2,12,15). The quantitative estimate of drug-likeness (QED) is 0.746. The lowest BCUT2D eigenvalue weighted by molar-refractivity contribution is -0.134. The molecule has 1 aliphatic heterocycles. The molecule has 3 nitrogen and oxygen atoms in total. The van der Waals surface area contributed by atoms with Gasteiger partial charge in [0.1, 0.15) is 0 Å². The van der Waals surface area contributed by atoms with Crippen LogP contribution in [0.5, 0.6) is 0 Å². The van der Waals surface area contributed by atoms with E-state index in [1.807, 2.05) is 11.8 Å². The van der Waals surface area contributed by atoms with E-state index in [0.717, 1.165) is 13.0 Å². The Kier molecular flexibility index (Phi) is 4.08. The molecular weight excluding hydrogens is 208 g/mol. The Morgan fingerprint density at radius 3 is 2.53 bits per heavy atom. The number of hydrogen-bond donors (Lipinski definition) is 1. The Balaban J connectivity index is 2.71. The van der Waals surface area contributed by atoms with Crippen LogP contribution in [-0.4, -0.2) is 28.4 Å². The number of carbonyl (C=O) groups excluding carboxylic acids is 1. The van der Waals surface area contributed by atoms with Crippen LogP contribution in [0.4, 0.5) is 0 Å². The van der Waals surface area contributed by atoms with Crippen molar-refractivity contribution in [1.82, 2.24) is 4.90 Å². The monoisotopic (exact) mass is 228 g/mol. The molecule has 1 aliphatic rings. The molecule has 0 saturated carbocycles. The number of carbonyl (C=O) groups is 1. The summed E-state index contributed by atoms with van der Waals surface area (Å²) in [5, 5.41) is 0. The van der Waals surface area contributed by atoms with Crippen molar-refractivity contribution >= 4 is 23.1 Å². The third kappa shape index (κ3) is 2.68. The minimum absolute atomic E-state index is 0.113. The zero-order valence-electron chi connectivity index (χ0n) is 9.69. The molecule has 0 aliphatic carbocycles. The van der Waals surface area contributed by atoms with E-state index in [1.54, 1.807) is 0 Å². The lowest BCUT2D eigenvalue weighted by Gasteiger charge is -2.25.